The highest BCUT2D eigenvalue weighted by Gasteiger charge is 2.52. The number of rotatable bonds is 7. The summed E-state index contributed by atoms with van der Waals surface area (Å²) >= 11 is 0. The molecule has 11 N–H and O–H groups in total. The van der Waals surface area contributed by atoms with E-state index in [1.54, 1.807) is 0 Å². The Hall–Kier alpha value is -3.42. The Balaban J connectivity index is 1.52. The van der Waals surface area contributed by atoms with Gasteiger partial charge in [0.2, 0.25) is 6.29 Å². The number of fused-ring (bicyclic) bond motifs is 1. The van der Waals surface area contributed by atoms with E-state index >= 15 is 0 Å². The van der Waals surface area contributed by atoms with E-state index in [-0.39, 0.29) is 28.4 Å². The maximum Gasteiger partial charge on any atom is 0.229 e. The zero-order valence-corrected chi connectivity index (χ0v) is 22.2. The number of aliphatic hydroxyl groups excluding tert-OH is 7. The van der Waals surface area contributed by atoms with E-state index in [0.717, 1.165) is 12.1 Å². The molecule has 236 valence electrons. The molecule has 0 amide bonds. The molecule has 3 aliphatic rings. The minimum Gasteiger partial charge on any atom is -0.508 e. The molecule has 0 bridgehead atoms. The van der Waals surface area contributed by atoms with E-state index in [4.69, 9.17) is 23.7 Å². The van der Waals surface area contributed by atoms with Gasteiger partial charge in [0.15, 0.2) is 30.0 Å². The van der Waals surface area contributed by atoms with Crippen LogP contribution in [0.15, 0.2) is 36.1 Å². The first-order valence-corrected chi connectivity index (χ1v) is 13.1. The molecule has 0 spiro atoms. The third-order valence-electron chi connectivity index (χ3n) is 7.41. The SMILES string of the molecule is OCC1O[C@@H](OC2=Cc3c(O)cc(O)cc3OC2c2ccc(O)c(O)c2)C(O[C@@H]2OC(CO)[C@@H](O)C(O)[C@H]2O)C(O)[C@@H]1O. The number of hydrogen-bond acceptors (Lipinski definition) is 16. The molecule has 5 rings (SSSR count). The lowest BCUT2D eigenvalue weighted by Crippen LogP contribution is -2.64. The molecule has 2 saturated heterocycles. The Morgan fingerprint density at radius 3 is 1.98 bits per heavy atom. The third-order valence-corrected chi connectivity index (χ3v) is 7.41. The van der Waals surface area contributed by atoms with Crippen LogP contribution in [0.3, 0.4) is 0 Å². The Morgan fingerprint density at radius 1 is 0.674 bits per heavy atom. The maximum atomic E-state index is 11.0. The van der Waals surface area contributed by atoms with Crippen LogP contribution >= 0.6 is 0 Å². The van der Waals surface area contributed by atoms with E-state index < -0.39 is 98.0 Å². The Labute approximate surface area is 243 Å². The second-order valence-corrected chi connectivity index (χ2v) is 10.3. The fraction of sp³-hybridized carbons (Fsp3) is 0.481. The average Bonchev–Trinajstić information content (AvgIpc) is 2.98. The molecule has 2 aromatic carbocycles. The van der Waals surface area contributed by atoms with Crippen molar-refractivity contribution in [2.45, 2.75) is 67.5 Å². The van der Waals surface area contributed by atoms with E-state index in [1.165, 1.54) is 24.3 Å². The van der Waals surface area contributed by atoms with Crippen LogP contribution in [0.2, 0.25) is 0 Å². The van der Waals surface area contributed by atoms with Crippen molar-refractivity contribution < 1.29 is 79.9 Å². The van der Waals surface area contributed by atoms with E-state index in [1.807, 2.05) is 0 Å². The summed E-state index contributed by atoms with van der Waals surface area (Å²) in [5.74, 6) is -1.83. The first-order valence-electron chi connectivity index (χ1n) is 13.1. The molecule has 11 atom stereocenters. The van der Waals surface area contributed by atoms with Crippen molar-refractivity contribution in [2.75, 3.05) is 13.2 Å². The molecule has 3 heterocycles. The molecule has 43 heavy (non-hydrogen) atoms. The van der Waals surface area contributed by atoms with Crippen molar-refractivity contribution in [2.24, 2.45) is 0 Å². The lowest BCUT2D eigenvalue weighted by Gasteiger charge is -2.46. The van der Waals surface area contributed by atoms with Crippen molar-refractivity contribution in [1.29, 1.82) is 0 Å². The van der Waals surface area contributed by atoms with Crippen LogP contribution in [0.1, 0.15) is 17.2 Å². The molecule has 3 aliphatic heterocycles. The predicted octanol–water partition coefficient (Wildman–Crippen LogP) is -2.38. The largest absolute Gasteiger partial charge is 0.508 e. The smallest absolute Gasteiger partial charge is 0.229 e. The zero-order chi connectivity index (χ0) is 31.2. The van der Waals surface area contributed by atoms with Crippen molar-refractivity contribution in [1.82, 2.24) is 0 Å². The van der Waals surface area contributed by atoms with Gasteiger partial charge in [-0.1, -0.05) is 6.07 Å². The van der Waals surface area contributed by atoms with Gasteiger partial charge >= 0.3 is 0 Å². The monoisotopic (exact) mass is 612 g/mol. The number of hydrogen-bond donors (Lipinski definition) is 11. The molecule has 0 radical (unpaired) electrons. The summed E-state index contributed by atoms with van der Waals surface area (Å²) < 4.78 is 28.7. The van der Waals surface area contributed by atoms with Gasteiger partial charge in [0.25, 0.3) is 0 Å². The molecule has 2 aromatic rings. The van der Waals surface area contributed by atoms with Crippen molar-refractivity contribution in [3.63, 3.8) is 0 Å². The second kappa shape index (κ2) is 12.3. The number of benzene rings is 2. The zero-order valence-electron chi connectivity index (χ0n) is 22.2. The van der Waals surface area contributed by atoms with Crippen molar-refractivity contribution in [3.8, 4) is 28.7 Å². The van der Waals surface area contributed by atoms with Crippen molar-refractivity contribution >= 4 is 6.08 Å². The number of ether oxygens (including phenoxy) is 5. The van der Waals surface area contributed by atoms with Crippen LogP contribution < -0.4 is 4.74 Å². The molecular weight excluding hydrogens is 580 g/mol. The lowest BCUT2D eigenvalue weighted by molar-refractivity contribution is -0.364. The van der Waals surface area contributed by atoms with Crippen LogP contribution in [0.5, 0.6) is 28.7 Å². The van der Waals surface area contributed by atoms with Gasteiger partial charge < -0.3 is 79.9 Å². The van der Waals surface area contributed by atoms with E-state index in [9.17, 15) is 56.2 Å². The van der Waals surface area contributed by atoms with Gasteiger partial charge in [-0.05, 0) is 18.2 Å². The van der Waals surface area contributed by atoms with Gasteiger partial charge in [0, 0.05) is 17.7 Å². The highest BCUT2D eigenvalue weighted by Crippen LogP contribution is 2.45. The molecule has 6 unspecified atom stereocenters. The normalized spacial score (nSPS) is 35.9. The van der Waals surface area contributed by atoms with Gasteiger partial charge in [-0.3, -0.25) is 0 Å². The van der Waals surface area contributed by atoms with Crippen molar-refractivity contribution in [3.05, 3.63) is 47.2 Å². The van der Waals surface area contributed by atoms with Crippen LogP contribution in [0, 0.1) is 0 Å². The van der Waals surface area contributed by atoms with Crippen LogP contribution in [0.25, 0.3) is 6.08 Å². The Kier molecular flexibility index (Phi) is 8.87. The molecule has 0 aromatic heterocycles. The van der Waals surface area contributed by atoms with Gasteiger partial charge in [0.05, 0.1) is 18.8 Å². The number of aromatic hydroxyl groups is 4. The van der Waals surface area contributed by atoms with Crippen LogP contribution in [-0.2, 0) is 18.9 Å². The topological polar surface area (TPSA) is 269 Å². The highest BCUT2D eigenvalue weighted by molar-refractivity contribution is 5.69. The van der Waals surface area contributed by atoms with Gasteiger partial charge in [-0.2, -0.15) is 0 Å². The van der Waals surface area contributed by atoms with E-state index in [0.29, 0.717) is 0 Å². The summed E-state index contributed by atoms with van der Waals surface area (Å²) in [4.78, 5) is 0. The maximum absolute atomic E-state index is 11.0. The van der Waals surface area contributed by atoms with Gasteiger partial charge in [0.1, 0.15) is 65.7 Å². The molecule has 16 nitrogen and oxygen atoms in total. The fourth-order valence-corrected chi connectivity index (χ4v) is 5.04. The molecule has 16 heteroatoms. The predicted molar refractivity (Wildman–Crippen MR) is 138 cm³/mol. The van der Waals surface area contributed by atoms with Gasteiger partial charge in [-0.15, -0.1) is 0 Å². The minimum atomic E-state index is -1.89. The summed E-state index contributed by atoms with van der Waals surface area (Å²) in [6, 6.07) is 5.95. The summed E-state index contributed by atoms with van der Waals surface area (Å²) in [5.41, 5.74) is 0.255. The lowest BCUT2D eigenvalue weighted by atomic mass is 9.97. The fourth-order valence-electron chi connectivity index (χ4n) is 5.04. The summed E-state index contributed by atoms with van der Waals surface area (Å²) in [7, 11) is 0. The number of phenols is 4. The van der Waals surface area contributed by atoms with E-state index in [2.05, 4.69) is 0 Å². The molecule has 2 fully saturated rings. The number of aliphatic hydroxyl groups is 7. The van der Waals surface area contributed by atoms with Crippen LogP contribution in [-0.4, -0.2) is 131 Å². The summed E-state index contributed by atoms with van der Waals surface area (Å²) in [6.07, 6.45) is -17.0. The summed E-state index contributed by atoms with van der Waals surface area (Å²) in [5, 5.41) is 112. The Bertz CT molecular complexity index is 1330. The molecular formula is C27H32O16. The molecule has 0 saturated carbocycles. The van der Waals surface area contributed by atoms with Crippen LogP contribution in [0.4, 0.5) is 0 Å². The summed E-state index contributed by atoms with van der Waals surface area (Å²) in [6.45, 7) is -1.55. The quantitative estimate of drug-likeness (QED) is 0.146. The first-order chi connectivity index (χ1) is 20.4. The minimum absolute atomic E-state index is 0.00443. The van der Waals surface area contributed by atoms with Gasteiger partial charge in [-0.25, -0.2) is 0 Å². The Morgan fingerprint density at radius 2 is 1.33 bits per heavy atom. The average molecular weight is 613 g/mol. The highest BCUT2D eigenvalue weighted by atomic mass is 16.8. The molecule has 0 aliphatic carbocycles. The standard InChI is InChI=1S/C27H32O16/c28-7-17-19(34)21(36)23(38)26(41-17)43-25-22(37)20(35)18(8-29)42-27(25)40-16-6-11-13(32)4-10(30)5-15(11)39-24(16)9-1-2-12(31)14(33)3-9/h1-6,17-38H,7-8H2/t17?,18?,19-,20-,21?,22?,23-,24?,25?,26+,27-/m1/s1. The third kappa shape index (κ3) is 5.89. The second-order valence-electron chi connectivity index (χ2n) is 10.3. The number of phenolic OH excluding ortho intramolecular Hbond substituents is 4. The first kappa shape index (κ1) is 31.0.